The molecule has 4 heteroatoms. The fourth-order valence-electron chi connectivity index (χ4n) is 2.47. The Morgan fingerprint density at radius 2 is 2.00 bits per heavy atom. The number of hydrogen-bond donors (Lipinski definition) is 1. The molecule has 1 aliphatic rings. The van der Waals surface area contributed by atoms with Crippen molar-refractivity contribution >= 4 is 5.69 Å². The molecule has 1 unspecified atom stereocenters. The van der Waals surface area contributed by atoms with Crippen LogP contribution in [-0.4, -0.2) is 19.1 Å². The lowest BCUT2D eigenvalue weighted by molar-refractivity contribution is 0.564. The second kappa shape index (κ2) is 5.00. The molecule has 1 atom stereocenters. The molecule has 0 aliphatic carbocycles. The quantitative estimate of drug-likeness (QED) is 0.879. The number of halogens is 2. The highest BCUT2D eigenvalue weighted by Gasteiger charge is 2.26. The summed E-state index contributed by atoms with van der Waals surface area (Å²) in [5, 5.41) is 0. The van der Waals surface area contributed by atoms with Crippen molar-refractivity contribution in [3.05, 3.63) is 29.3 Å². The van der Waals surface area contributed by atoms with Crippen LogP contribution in [0.4, 0.5) is 14.5 Å². The van der Waals surface area contributed by atoms with Gasteiger partial charge >= 0.3 is 0 Å². The molecule has 0 radical (unpaired) electrons. The predicted molar refractivity (Wildman–Crippen MR) is 65.2 cm³/mol. The van der Waals surface area contributed by atoms with E-state index in [1.165, 1.54) is 12.1 Å². The minimum atomic E-state index is -0.470. The molecule has 0 bridgehead atoms. The van der Waals surface area contributed by atoms with Crippen LogP contribution in [0.3, 0.4) is 0 Å². The van der Waals surface area contributed by atoms with Crippen LogP contribution in [0.15, 0.2) is 12.1 Å². The molecule has 1 fully saturated rings. The summed E-state index contributed by atoms with van der Waals surface area (Å²) in [4.78, 5) is 1.82. The molecule has 1 heterocycles. The number of nitrogens with two attached hydrogens (primary N) is 1. The van der Waals surface area contributed by atoms with Gasteiger partial charge in [0.2, 0.25) is 0 Å². The summed E-state index contributed by atoms with van der Waals surface area (Å²) in [6.45, 7) is 3.13. The number of hydrogen-bond acceptors (Lipinski definition) is 2. The molecule has 0 aromatic heterocycles. The van der Waals surface area contributed by atoms with Crippen LogP contribution in [0, 0.1) is 11.6 Å². The van der Waals surface area contributed by atoms with Crippen molar-refractivity contribution in [3.8, 4) is 0 Å². The SMILES string of the molecule is CC1CCCN1c1c(F)cc(CCN)cc1F. The Morgan fingerprint density at radius 1 is 1.35 bits per heavy atom. The monoisotopic (exact) mass is 240 g/mol. The van der Waals surface area contributed by atoms with Crippen molar-refractivity contribution in [1.82, 2.24) is 0 Å². The number of anilines is 1. The predicted octanol–water partition coefficient (Wildman–Crippen LogP) is 2.45. The van der Waals surface area contributed by atoms with E-state index in [2.05, 4.69) is 0 Å². The Bertz CT molecular complexity index is 383. The molecule has 2 N–H and O–H groups in total. The van der Waals surface area contributed by atoms with Gasteiger partial charge in [0.15, 0.2) is 0 Å². The van der Waals surface area contributed by atoms with E-state index < -0.39 is 11.6 Å². The fourth-order valence-corrected chi connectivity index (χ4v) is 2.47. The lowest BCUT2D eigenvalue weighted by Gasteiger charge is -2.25. The molecular weight excluding hydrogens is 222 g/mol. The topological polar surface area (TPSA) is 29.3 Å². The highest BCUT2D eigenvalue weighted by Crippen LogP contribution is 2.31. The van der Waals surface area contributed by atoms with Gasteiger partial charge in [0.25, 0.3) is 0 Å². The molecule has 1 aromatic rings. The molecule has 1 aromatic carbocycles. The lowest BCUT2D eigenvalue weighted by atomic mass is 10.1. The summed E-state index contributed by atoms with van der Waals surface area (Å²) in [7, 11) is 0. The van der Waals surface area contributed by atoms with Gasteiger partial charge in [-0.15, -0.1) is 0 Å². The van der Waals surface area contributed by atoms with Gasteiger partial charge in [-0.25, -0.2) is 8.78 Å². The Balaban J connectivity index is 2.34. The van der Waals surface area contributed by atoms with Gasteiger partial charge in [-0.3, -0.25) is 0 Å². The van der Waals surface area contributed by atoms with E-state index in [9.17, 15) is 8.78 Å². The summed E-state index contributed by atoms with van der Waals surface area (Å²) < 4.78 is 27.9. The number of benzene rings is 1. The Kier molecular flexibility index (Phi) is 3.62. The van der Waals surface area contributed by atoms with Crippen molar-refractivity contribution in [2.24, 2.45) is 5.73 Å². The third-order valence-corrected chi connectivity index (χ3v) is 3.35. The van der Waals surface area contributed by atoms with E-state index in [-0.39, 0.29) is 11.7 Å². The van der Waals surface area contributed by atoms with Gasteiger partial charge in [0, 0.05) is 12.6 Å². The van der Waals surface area contributed by atoms with E-state index in [0.29, 0.717) is 18.5 Å². The molecular formula is C13H18F2N2. The van der Waals surface area contributed by atoms with Crippen LogP contribution in [0.25, 0.3) is 0 Å². The largest absolute Gasteiger partial charge is 0.364 e. The fraction of sp³-hybridized carbons (Fsp3) is 0.538. The smallest absolute Gasteiger partial charge is 0.149 e. The van der Waals surface area contributed by atoms with Gasteiger partial charge in [-0.1, -0.05) is 0 Å². The zero-order valence-corrected chi connectivity index (χ0v) is 10.0. The summed E-state index contributed by atoms with van der Waals surface area (Å²) in [5.41, 5.74) is 6.13. The van der Waals surface area contributed by atoms with Crippen molar-refractivity contribution in [3.63, 3.8) is 0 Å². The zero-order valence-electron chi connectivity index (χ0n) is 10.0. The van der Waals surface area contributed by atoms with Crippen LogP contribution in [0.5, 0.6) is 0 Å². The van der Waals surface area contributed by atoms with Crippen LogP contribution >= 0.6 is 0 Å². The van der Waals surface area contributed by atoms with E-state index in [1.807, 2.05) is 11.8 Å². The average molecular weight is 240 g/mol. The first kappa shape index (κ1) is 12.3. The zero-order chi connectivity index (χ0) is 12.4. The standard InChI is InChI=1S/C13H18F2N2/c1-9-3-2-6-17(9)13-11(14)7-10(4-5-16)8-12(13)15/h7-9H,2-6,16H2,1H3. The maximum atomic E-state index is 13.9. The molecule has 17 heavy (non-hydrogen) atoms. The summed E-state index contributed by atoms with van der Waals surface area (Å²) >= 11 is 0. The van der Waals surface area contributed by atoms with Crippen molar-refractivity contribution in [1.29, 1.82) is 0 Å². The number of rotatable bonds is 3. The van der Waals surface area contributed by atoms with Gasteiger partial charge in [0.05, 0.1) is 0 Å². The first-order chi connectivity index (χ1) is 8.13. The molecule has 1 saturated heterocycles. The third-order valence-electron chi connectivity index (χ3n) is 3.35. The van der Waals surface area contributed by atoms with E-state index in [4.69, 9.17) is 5.73 Å². The number of nitrogens with zero attached hydrogens (tertiary/aromatic N) is 1. The Morgan fingerprint density at radius 3 is 2.47 bits per heavy atom. The molecule has 0 saturated carbocycles. The normalized spacial score (nSPS) is 20.0. The molecule has 0 spiro atoms. The molecule has 1 aliphatic heterocycles. The second-order valence-corrected chi connectivity index (χ2v) is 4.63. The van der Waals surface area contributed by atoms with Crippen LogP contribution in [0.1, 0.15) is 25.3 Å². The van der Waals surface area contributed by atoms with E-state index in [1.54, 1.807) is 0 Å². The highest BCUT2D eigenvalue weighted by molar-refractivity contribution is 5.52. The summed E-state index contributed by atoms with van der Waals surface area (Å²) in [6, 6.07) is 3.01. The summed E-state index contributed by atoms with van der Waals surface area (Å²) in [6.07, 6.45) is 2.48. The van der Waals surface area contributed by atoms with Gasteiger partial charge in [-0.2, -0.15) is 0 Å². The molecule has 94 valence electrons. The maximum Gasteiger partial charge on any atom is 0.149 e. The first-order valence-electron chi connectivity index (χ1n) is 6.08. The molecule has 2 rings (SSSR count). The van der Waals surface area contributed by atoms with Gasteiger partial charge in [-0.05, 0) is 50.4 Å². The highest BCUT2D eigenvalue weighted by atomic mass is 19.1. The molecule has 0 amide bonds. The maximum absolute atomic E-state index is 13.9. The van der Waals surface area contributed by atoms with E-state index >= 15 is 0 Å². The lowest BCUT2D eigenvalue weighted by Crippen LogP contribution is -2.28. The third kappa shape index (κ3) is 2.41. The van der Waals surface area contributed by atoms with Crippen molar-refractivity contribution < 1.29 is 8.78 Å². The minimum absolute atomic E-state index is 0.121. The first-order valence-corrected chi connectivity index (χ1v) is 6.08. The Labute approximate surface area is 100 Å². The van der Waals surface area contributed by atoms with E-state index in [0.717, 1.165) is 19.4 Å². The average Bonchev–Trinajstić information content (AvgIpc) is 2.64. The van der Waals surface area contributed by atoms with Crippen LogP contribution < -0.4 is 10.6 Å². The van der Waals surface area contributed by atoms with Crippen molar-refractivity contribution in [2.75, 3.05) is 18.0 Å². The minimum Gasteiger partial charge on any atom is -0.364 e. The van der Waals surface area contributed by atoms with Gasteiger partial charge < -0.3 is 10.6 Å². The molecule has 2 nitrogen and oxygen atoms in total. The van der Waals surface area contributed by atoms with Crippen LogP contribution in [-0.2, 0) is 6.42 Å². The summed E-state index contributed by atoms with van der Waals surface area (Å²) in [5.74, 6) is -0.940. The second-order valence-electron chi connectivity index (χ2n) is 4.63. The Hall–Kier alpha value is -1.16. The van der Waals surface area contributed by atoms with Crippen LogP contribution in [0.2, 0.25) is 0 Å². The van der Waals surface area contributed by atoms with Gasteiger partial charge in [0.1, 0.15) is 17.3 Å². The van der Waals surface area contributed by atoms with Crippen molar-refractivity contribution in [2.45, 2.75) is 32.2 Å².